The van der Waals surface area contributed by atoms with Crippen molar-refractivity contribution in [2.75, 3.05) is 6.54 Å². The molecule has 15 heavy (non-hydrogen) atoms. The predicted octanol–water partition coefficient (Wildman–Crippen LogP) is 0.575. The number of carbonyl (C=O) groups is 2. The molecule has 0 bridgehead atoms. The molecule has 0 radical (unpaired) electrons. The second-order valence-corrected chi connectivity index (χ2v) is 2.96. The zero-order chi connectivity index (χ0) is 10.8. The van der Waals surface area contributed by atoms with Crippen molar-refractivity contribution < 1.29 is 19.1 Å². The van der Waals surface area contributed by atoms with Gasteiger partial charge in [-0.2, -0.15) is 0 Å². The van der Waals surface area contributed by atoms with Crippen molar-refractivity contribution in [1.82, 2.24) is 10.3 Å². The zero-order valence-electron chi connectivity index (χ0n) is 7.61. The Bertz CT molecular complexity index is 482. The molecule has 0 aliphatic carbocycles. The van der Waals surface area contributed by atoms with Gasteiger partial charge in [-0.3, -0.25) is 9.59 Å². The Morgan fingerprint density at radius 3 is 3.00 bits per heavy atom. The number of hydrogen-bond acceptors (Lipinski definition) is 3. The maximum absolute atomic E-state index is 11.4. The van der Waals surface area contributed by atoms with Gasteiger partial charge in [-0.15, -0.1) is 0 Å². The van der Waals surface area contributed by atoms with Gasteiger partial charge in [0.1, 0.15) is 12.2 Å². The molecule has 0 aromatic carbocycles. The topological polar surface area (TPSA) is 95.3 Å². The number of aromatic nitrogens is 1. The Labute approximate surface area is 83.9 Å². The standard InChI is InChI=1S/C9H8N2O4/c12-8(13)4-10-9(14)6-3-7-5(11-6)1-2-15-7/h1-3,11H,4H2,(H,10,14)(H,12,13). The van der Waals surface area contributed by atoms with E-state index in [0.29, 0.717) is 11.1 Å². The first-order chi connectivity index (χ1) is 7.16. The van der Waals surface area contributed by atoms with Gasteiger partial charge in [-0.05, 0) is 0 Å². The van der Waals surface area contributed by atoms with E-state index in [-0.39, 0.29) is 5.69 Å². The van der Waals surface area contributed by atoms with Crippen LogP contribution in [0.3, 0.4) is 0 Å². The number of furan rings is 1. The molecule has 0 aliphatic rings. The Balaban J connectivity index is 2.13. The lowest BCUT2D eigenvalue weighted by Crippen LogP contribution is -2.29. The van der Waals surface area contributed by atoms with Crippen LogP contribution in [0.25, 0.3) is 11.1 Å². The summed E-state index contributed by atoms with van der Waals surface area (Å²) in [5, 5.41) is 10.6. The fraction of sp³-hybridized carbons (Fsp3) is 0.111. The second-order valence-electron chi connectivity index (χ2n) is 2.96. The van der Waals surface area contributed by atoms with Crippen molar-refractivity contribution in [3.05, 3.63) is 24.1 Å². The minimum atomic E-state index is -1.08. The third-order valence-electron chi connectivity index (χ3n) is 1.88. The summed E-state index contributed by atoms with van der Waals surface area (Å²) < 4.78 is 5.05. The van der Waals surface area contributed by atoms with Gasteiger partial charge in [0.25, 0.3) is 5.91 Å². The molecule has 0 atom stereocenters. The SMILES string of the molecule is O=C(O)CNC(=O)c1cc2occc2[nH]1. The van der Waals surface area contributed by atoms with Crippen LogP contribution in [0.4, 0.5) is 0 Å². The highest BCUT2D eigenvalue weighted by atomic mass is 16.4. The summed E-state index contributed by atoms with van der Waals surface area (Å²) in [4.78, 5) is 24.4. The van der Waals surface area contributed by atoms with E-state index in [4.69, 9.17) is 9.52 Å². The molecule has 6 nitrogen and oxygen atoms in total. The fourth-order valence-corrected chi connectivity index (χ4v) is 1.22. The molecule has 3 N–H and O–H groups in total. The highest BCUT2D eigenvalue weighted by molar-refractivity contribution is 5.97. The van der Waals surface area contributed by atoms with Crippen LogP contribution in [-0.2, 0) is 4.79 Å². The molecule has 0 saturated carbocycles. The molecule has 2 heterocycles. The van der Waals surface area contributed by atoms with Crippen molar-refractivity contribution in [3.8, 4) is 0 Å². The van der Waals surface area contributed by atoms with E-state index in [1.165, 1.54) is 12.3 Å². The number of carbonyl (C=O) groups excluding carboxylic acids is 1. The van der Waals surface area contributed by atoms with Crippen LogP contribution in [0.5, 0.6) is 0 Å². The summed E-state index contributed by atoms with van der Waals surface area (Å²) in [5.41, 5.74) is 1.55. The number of rotatable bonds is 3. The first-order valence-electron chi connectivity index (χ1n) is 4.23. The lowest BCUT2D eigenvalue weighted by Gasteiger charge is -1.98. The van der Waals surface area contributed by atoms with E-state index in [1.807, 2.05) is 0 Å². The first-order valence-corrected chi connectivity index (χ1v) is 4.23. The van der Waals surface area contributed by atoms with Crippen LogP contribution >= 0.6 is 0 Å². The van der Waals surface area contributed by atoms with Crippen LogP contribution < -0.4 is 5.32 Å². The molecule has 6 heteroatoms. The van der Waals surface area contributed by atoms with Gasteiger partial charge in [0.15, 0.2) is 5.58 Å². The number of fused-ring (bicyclic) bond motifs is 1. The number of amides is 1. The molecule has 0 unspecified atom stereocenters. The van der Waals surface area contributed by atoms with Crippen molar-refractivity contribution >= 4 is 23.0 Å². The number of H-pyrrole nitrogens is 1. The molecular weight excluding hydrogens is 200 g/mol. The lowest BCUT2D eigenvalue weighted by molar-refractivity contribution is -0.135. The maximum Gasteiger partial charge on any atom is 0.322 e. The predicted molar refractivity (Wildman–Crippen MR) is 50.5 cm³/mol. The average Bonchev–Trinajstić information content (AvgIpc) is 2.72. The number of carboxylic acid groups (broad SMARTS) is 1. The third-order valence-corrected chi connectivity index (χ3v) is 1.88. The summed E-state index contributed by atoms with van der Waals surface area (Å²) in [6.45, 7) is -0.404. The van der Waals surface area contributed by atoms with Crippen molar-refractivity contribution in [2.24, 2.45) is 0 Å². The smallest absolute Gasteiger partial charge is 0.322 e. The number of aromatic amines is 1. The highest BCUT2D eigenvalue weighted by Crippen LogP contribution is 2.15. The minimum Gasteiger partial charge on any atom is -0.480 e. The molecular formula is C9H8N2O4. The molecule has 1 amide bonds. The van der Waals surface area contributed by atoms with Gasteiger partial charge < -0.3 is 19.8 Å². The highest BCUT2D eigenvalue weighted by Gasteiger charge is 2.11. The molecule has 0 aliphatic heterocycles. The molecule has 0 fully saturated rings. The van der Waals surface area contributed by atoms with Crippen LogP contribution in [0.2, 0.25) is 0 Å². The van der Waals surface area contributed by atoms with E-state index in [0.717, 1.165) is 0 Å². The lowest BCUT2D eigenvalue weighted by atomic mass is 10.4. The molecule has 78 valence electrons. The molecule has 0 spiro atoms. The number of aliphatic carboxylic acids is 1. The van der Waals surface area contributed by atoms with E-state index in [2.05, 4.69) is 10.3 Å². The van der Waals surface area contributed by atoms with Crippen molar-refractivity contribution in [1.29, 1.82) is 0 Å². The quantitative estimate of drug-likeness (QED) is 0.687. The van der Waals surface area contributed by atoms with Gasteiger partial charge >= 0.3 is 5.97 Å². The Morgan fingerprint density at radius 2 is 2.33 bits per heavy atom. The van der Waals surface area contributed by atoms with E-state index >= 15 is 0 Å². The monoisotopic (exact) mass is 208 g/mol. The Hall–Kier alpha value is -2.24. The maximum atomic E-state index is 11.4. The van der Waals surface area contributed by atoms with Gasteiger partial charge in [0.2, 0.25) is 0 Å². The summed E-state index contributed by atoms with van der Waals surface area (Å²) in [6, 6.07) is 3.20. The largest absolute Gasteiger partial charge is 0.480 e. The summed E-state index contributed by atoms with van der Waals surface area (Å²) in [7, 11) is 0. The molecule has 0 saturated heterocycles. The molecule has 2 aromatic rings. The van der Waals surface area contributed by atoms with E-state index < -0.39 is 18.4 Å². The summed E-state index contributed by atoms with van der Waals surface area (Å²) in [6.07, 6.45) is 1.50. The number of hydrogen-bond donors (Lipinski definition) is 3. The second kappa shape index (κ2) is 3.49. The van der Waals surface area contributed by atoms with Crippen LogP contribution in [-0.4, -0.2) is 28.5 Å². The fourth-order valence-electron chi connectivity index (χ4n) is 1.22. The number of nitrogens with one attached hydrogen (secondary N) is 2. The zero-order valence-corrected chi connectivity index (χ0v) is 7.61. The Morgan fingerprint density at radius 1 is 1.53 bits per heavy atom. The van der Waals surface area contributed by atoms with Crippen LogP contribution in [0.1, 0.15) is 10.5 Å². The van der Waals surface area contributed by atoms with E-state index in [1.54, 1.807) is 6.07 Å². The van der Waals surface area contributed by atoms with Crippen LogP contribution in [0, 0.1) is 0 Å². The van der Waals surface area contributed by atoms with Gasteiger partial charge in [0, 0.05) is 12.1 Å². The van der Waals surface area contributed by atoms with Crippen molar-refractivity contribution in [2.45, 2.75) is 0 Å². The van der Waals surface area contributed by atoms with Gasteiger partial charge in [0.05, 0.1) is 11.8 Å². The first kappa shape index (κ1) is 9.32. The Kier molecular flexibility index (Phi) is 2.17. The molecule has 2 aromatic heterocycles. The third kappa shape index (κ3) is 1.83. The van der Waals surface area contributed by atoms with Crippen LogP contribution in [0.15, 0.2) is 22.8 Å². The normalized spacial score (nSPS) is 10.4. The van der Waals surface area contributed by atoms with Crippen molar-refractivity contribution in [3.63, 3.8) is 0 Å². The average molecular weight is 208 g/mol. The van der Waals surface area contributed by atoms with E-state index in [9.17, 15) is 9.59 Å². The van der Waals surface area contributed by atoms with Gasteiger partial charge in [-0.25, -0.2) is 0 Å². The number of carboxylic acids is 1. The summed E-state index contributed by atoms with van der Waals surface area (Å²) >= 11 is 0. The summed E-state index contributed by atoms with van der Waals surface area (Å²) in [5.74, 6) is -1.55. The van der Waals surface area contributed by atoms with Gasteiger partial charge in [-0.1, -0.05) is 0 Å². The molecule has 2 rings (SSSR count). The minimum absolute atomic E-state index is 0.283.